The molecule has 0 atom stereocenters. The van der Waals surface area contributed by atoms with E-state index in [1.54, 1.807) is 30.3 Å². The Labute approximate surface area is 143 Å². The Kier molecular flexibility index (Phi) is 3.78. The number of aromatic hydroxyl groups is 1. The zero-order valence-electron chi connectivity index (χ0n) is 13.2. The second-order valence-electron chi connectivity index (χ2n) is 5.70. The van der Waals surface area contributed by atoms with E-state index in [9.17, 15) is 9.50 Å². The van der Waals surface area contributed by atoms with E-state index in [1.165, 1.54) is 12.1 Å². The number of benzene rings is 3. The standard InChI is InChI=1S/C21H14FNO2/c22-15-6-8-16(9-7-15)23-19-13-21(14-4-2-1-3-5-14)25-20-11-10-17(24)12-18(19)20/h1-13,24H/p+1. The lowest BCUT2D eigenvalue weighted by molar-refractivity contribution is -0.400. The van der Waals surface area contributed by atoms with Gasteiger partial charge >= 0.3 is 0 Å². The topological polar surface area (TPSA) is 47.3 Å². The van der Waals surface area contributed by atoms with Crippen molar-refractivity contribution in [3.8, 4) is 17.1 Å². The summed E-state index contributed by atoms with van der Waals surface area (Å²) >= 11 is 0. The van der Waals surface area contributed by atoms with Crippen molar-refractivity contribution >= 4 is 16.7 Å². The highest BCUT2D eigenvalue weighted by atomic mass is 19.1. The predicted octanol–water partition coefficient (Wildman–Crippen LogP) is 3.26. The van der Waals surface area contributed by atoms with E-state index in [0.717, 1.165) is 22.0 Å². The molecule has 3 aromatic carbocycles. The van der Waals surface area contributed by atoms with E-state index in [0.29, 0.717) is 11.3 Å². The quantitative estimate of drug-likeness (QED) is 0.592. The third kappa shape index (κ3) is 3.15. The molecule has 0 amide bonds. The monoisotopic (exact) mass is 332 g/mol. The molecule has 0 saturated heterocycles. The molecule has 3 nitrogen and oxygen atoms in total. The Morgan fingerprint density at radius 1 is 0.840 bits per heavy atom. The lowest BCUT2D eigenvalue weighted by Gasteiger charge is -2.03. The van der Waals surface area contributed by atoms with Crippen LogP contribution in [0.3, 0.4) is 0 Å². The fraction of sp³-hybridized carbons (Fsp3) is 0. The van der Waals surface area contributed by atoms with Crippen LogP contribution in [0.1, 0.15) is 0 Å². The highest BCUT2D eigenvalue weighted by Gasteiger charge is 2.10. The van der Waals surface area contributed by atoms with Crippen molar-refractivity contribution in [3.63, 3.8) is 0 Å². The van der Waals surface area contributed by atoms with Gasteiger partial charge in [0.05, 0.1) is 11.5 Å². The lowest BCUT2D eigenvalue weighted by Crippen LogP contribution is -2.70. The summed E-state index contributed by atoms with van der Waals surface area (Å²) in [5.41, 5.74) is 2.33. The van der Waals surface area contributed by atoms with Gasteiger partial charge in [-0.25, -0.2) is 9.38 Å². The second-order valence-corrected chi connectivity index (χ2v) is 5.70. The number of fused-ring (bicyclic) bond motifs is 1. The number of hydrogen-bond donors (Lipinski definition) is 2. The van der Waals surface area contributed by atoms with E-state index in [-0.39, 0.29) is 11.6 Å². The normalized spacial score (nSPS) is 11.8. The fourth-order valence-corrected chi connectivity index (χ4v) is 2.71. The van der Waals surface area contributed by atoms with Gasteiger partial charge in [0.2, 0.25) is 11.0 Å². The summed E-state index contributed by atoms with van der Waals surface area (Å²) in [6.45, 7) is 0. The first-order valence-corrected chi connectivity index (χ1v) is 7.87. The first kappa shape index (κ1) is 15.1. The van der Waals surface area contributed by atoms with Crippen molar-refractivity contribution in [3.05, 3.63) is 90.0 Å². The SMILES string of the molecule is Oc1ccc2oc(-c3ccccc3)cc(=[NH+]c3ccc(F)cc3)c2c1. The van der Waals surface area contributed by atoms with Crippen molar-refractivity contribution in [1.82, 2.24) is 0 Å². The maximum Gasteiger partial charge on any atom is 0.218 e. The Bertz CT molecular complexity index is 1100. The van der Waals surface area contributed by atoms with E-state index >= 15 is 0 Å². The molecular weight excluding hydrogens is 317 g/mol. The Morgan fingerprint density at radius 2 is 1.60 bits per heavy atom. The zero-order chi connectivity index (χ0) is 17.2. The van der Waals surface area contributed by atoms with Gasteiger partial charge in [-0.05, 0) is 30.3 Å². The van der Waals surface area contributed by atoms with E-state index < -0.39 is 0 Å². The smallest absolute Gasteiger partial charge is 0.218 e. The molecule has 0 fully saturated rings. The minimum atomic E-state index is -0.291. The molecule has 1 aromatic heterocycles. The molecule has 0 spiro atoms. The summed E-state index contributed by atoms with van der Waals surface area (Å²) in [5, 5.41) is 11.3. The van der Waals surface area contributed by atoms with Crippen LogP contribution in [-0.4, -0.2) is 5.11 Å². The van der Waals surface area contributed by atoms with Crippen LogP contribution in [0.2, 0.25) is 0 Å². The van der Waals surface area contributed by atoms with Crippen LogP contribution >= 0.6 is 0 Å². The number of halogens is 1. The summed E-state index contributed by atoms with van der Waals surface area (Å²) in [6, 6.07) is 22.7. The summed E-state index contributed by atoms with van der Waals surface area (Å²) in [5.74, 6) is 0.557. The average Bonchev–Trinajstić information content (AvgIpc) is 2.64. The molecule has 4 heteroatoms. The third-order valence-corrected chi connectivity index (χ3v) is 3.93. The molecule has 0 unspecified atom stereocenters. The lowest BCUT2D eigenvalue weighted by atomic mass is 10.1. The van der Waals surface area contributed by atoms with E-state index in [2.05, 4.69) is 4.99 Å². The first-order chi connectivity index (χ1) is 12.2. The molecule has 122 valence electrons. The van der Waals surface area contributed by atoms with Gasteiger partial charge in [-0.3, -0.25) is 0 Å². The van der Waals surface area contributed by atoms with Gasteiger partial charge in [0, 0.05) is 17.7 Å². The Morgan fingerprint density at radius 3 is 2.36 bits per heavy atom. The minimum absolute atomic E-state index is 0.150. The summed E-state index contributed by atoms with van der Waals surface area (Å²) in [4.78, 5) is 3.27. The largest absolute Gasteiger partial charge is 0.508 e. The molecule has 2 N–H and O–H groups in total. The van der Waals surface area contributed by atoms with Crippen LogP contribution < -0.4 is 10.3 Å². The van der Waals surface area contributed by atoms with Gasteiger partial charge in [0.25, 0.3) is 0 Å². The van der Waals surface area contributed by atoms with E-state index in [1.807, 2.05) is 36.4 Å². The average molecular weight is 332 g/mol. The van der Waals surface area contributed by atoms with Crippen LogP contribution in [0.15, 0.2) is 83.3 Å². The van der Waals surface area contributed by atoms with E-state index in [4.69, 9.17) is 4.42 Å². The highest BCUT2D eigenvalue weighted by Crippen LogP contribution is 2.23. The molecule has 0 saturated carbocycles. The molecule has 0 aliphatic rings. The zero-order valence-corrected chi connectivity index (χ0v) is 13.2. The Balaban J connectivity index is 2.00. The van der Waals surface area contributed by atoms with Gasteiger partial charge < -0.3 is 9.52 Å². The van der Waals surface area contributed by atoms with Gasteiger partial charge in [0.1, 0.15) is 22.9 Å². The molecule has 25 heavy (non-hydrogen) atoms. The van der Waals surface area contributed by atoms with Crippen molar-refractivity contribution in [2.24, 2.45) is 0 Å². The first-order valence-electron chi connectivity index (χ1n) is 7.87. The summed E-state index contributed by atoms with van der Waals surface area (Å²) < 4.78 is 19.1. The third-order valence-electron chi connectivity index (χ3n) is 3.93. The maximum atomic E-state index is 13.1. The van der Waals surface area contributed by atoms with Crippen LogP contribution in [-0.2, 0) is 0 Å². The molecule has 4 aromatic rings. The molecule has 0 bridgehead atoms. The molecule has 0 radical (unpaired) electrons. The van der Waals surface area contributed by atoms with Gasteiger partial charge in [-0.15, -0.1) is 0 Å². The molecule has 1 heterocycles. The Hall–Kier alpha value is -3.40. The summed E-state index contributed by atoms with van der Waals surface area (Å²) in [7, 11) is 0. The molecule has 0 aliphatic heterocycles. The van der Waals surface area contributed by atoms with Gasteiger partial charge in [-0.2, -0.15) is 0 Å². The number of hydrogen-bond acceptors (Lipinski definition) is 2. The minimum Gasteiger partial charge on any atom is -0.508 e. The number of nitrogens with one attached hydrogen (secondary N) is 1. The molecule has 0 aliphatic carbocycles. The predicted molar refractivity (Wildman–Crippen MR) is 93.5 cm³/mol. The van der Waals surface area contributed by atoms with Crippen LogP contribution in [0.5, 0.6) is 5.75 Å². The highest BCUT2D eigenvalue weighted by molar-refractivity contribution is 5.79. The summed E-state index contributed by atoms with van der Waals surface area (Å²) in [6.07, 6.45) is 0. The van der Waals surface area contributed by atoms with Gasteiger partial charge in [-0.1, -0.05) is 30.3 Å². The van der Waals surface area contributed by atoms with Gasteiger partial charge in [0.15, 0.2) is 0 Å². The fourth-order valence-electron chi connectivity index (χ4n) is 2.71. The molecule has 4 rings (SSSR count). The van der Waals surface area contributed by atoms with Crippen LogP contribution in [0.25, 0.3) is 22.3 Å². The van der Waals surface area contributed by atoms with Crippen molar-refractivity contribution in [2.45, 2.75) is 0 Å². The van der Waals surface area contributed by atoms with Crippen molar-refractivity contribution < 1.29 is 18.9 Å². The number of phenolic OH excluding ortho intramolecular Hbond substituents is 1. The number of rotatable bonds is 2. The van der Waals surface area contributed by atoms with Crippen LogP contribution in [0.4, 0.5) is 10.1 Å². The van der Waals surface area contributed by atoms with Crippen molar-refractivity contribution in [1.29, 1.82) is 0 Å². The van der Waals surface area contributed by atoms with Crippen LogP contribution in [0, 0.1) is 5.82 Å². The number of phenols is 1. The maximum absolute atomic E-state index is 13.1. The second kappa shape index (κ2) is 6.24. The van der Waals surface area contributed by atoms with Crippen molar-refractivity contribution in [2.75, 3.05) is 0 Å². The molecular formula is C21H15FNO2+.